The number of hydrogen-bond acceptors (Lipinski definition) is 5. The summed E-state index contributed by atoms with van der Waals surface area (Å²) in [5.41, 5.74) is 2.55. The van der Waals surface area contributed by atoms with Gasteiger partial charge in [0.25, 0.3) is 5.56 Å². The van der Waals surface area contributed by atoms with Crippen molar-refractivity contribution in [2.24, 2.45) is 13.0 Å². The number of halogens is 3. The third-order valence-corrected chi connectivity index (χ3v) is 7.98. The summed E-state index contributed by atoms with van der Waals surface area (Å²) < 4.78 is 49.2. The number of alkyl halides is 3. The molecule has 3 fully saturated rings. The topological polar surface area (TPSA) is 74.8 Å². The van der Waals surface area contributed by atoms with Crippen molar-refractivity contribution in [2.45, 2.75) is 75.6 Å². The van der Waals surface area contributed by atoms with Crippen LogP contribution in [0.25, 0.3) is 11.0 Å². The standard InChI is InChI=1S/C25H28F3N5O2/c1-13-30-23-22(24(34)32(13)2)19(15-7-17(8-15)25(26,27)28)10-20(31-23)14-5-6-35-21(9-14)16-11-29-33(12-16)18-3-4-18/h10-12,14-15,17-18,21H,3-9H2,1-2H3/t14-,15?,17?,21+/m1/s1. The van der Waals surface area contributed by atoms with Gasteiger partial charge in [0.05, 0.1) is 29.6 Å². The molecule has 4 heterocycles. The van der Waals surface area contributed by atoms with Gasteiger partial charge in [-0.05, 0) is 63.0 Å². The fraction of sp³-hybridized carbons (Fsp3) is 0.600. The van der Waals surface area contributed by atoms with Crippen molar-refractivity contribution < 1.29 is 17.9 Å². The van der Waals surface area contributed by atoms with Crippen LogP contribution in [0.15, 0.2) is 23.3 Å². The zero-order valence-corrected chi connectivity index (χ0v) is 19.8. The van der Waals surface area contributed by atoms with Gasteiger partial charge in [-0.15, -0.1) is 0 Å². The molecular weight excluding hydrogens is 459 g/mol. The van der Waals surface area contributed by atoms with Crippen LogP contribution in [0.2, 0.25) is 0 Å². The Kier molecular flexibility index (Phi) is 5.28. The van der Waals surface area contributed by atoms with Crippen molar-refractivity contribution in [1.29, 1.82) is 0 Å². The van der Waals surface area contributed by atoms with Crippen LogP contribution in [0.5, 0.6) is 0 Å². The Morgan fingerprint density at radius 2 is 1.86 bits per heavy atom. The first-order valence-electron chi connectivity index (χ1n) is 12.3. The maximum Gasteiger partial charge on any atom is 0.391 e. The largest absolute Gasteiger partial charge is 0.391 e. The second kappa shape index (κ2) is 8.15. The van der Waals surface area contributed by atoms with Crippen molar-refractivity contribution in [3.63, 3.8) is 0 Å². The van der Waals surface area contributed by atoms with Crippen molar-refractivity contribution in [1.82, 2.24) is 24.3 Å². The molecule has 7 nitrogen and oxygen atoms in total. The first-order chi connectivity index (χ1) is 16.7. The Labute approximate surface area is 200 Å². The van der Waals surface area contributed by atoms with E-state index < -0.39 is 12.1 Å². The Morgan fingerprint density at radius 1 is 1.09 bits per heavy atom. The van der Waals surface area contributed by atoms with Gasteiger partial charge in [-0.3, -0.25) is 14.0 Å². The fourth-order valence-corrected chi connectivity index (χ4v) is 5.44. The Bertz CT molecular complexity index is 1340. The molecule has 0 N–H and O–H groups in total. The van der Waals surface area contributed by atoms with Gasteiger partial charge in [0.2, 0.25) is 0 Å². The predicted molar refractivity (Wildman–Crippen MR) is 122 cm³/mol. The van der Waals surface area contributed by atoms with Gasteiger partial charge >= 0.3 is 6.18 Å². The lowest BCUT2D eigenvalue weighted by Crippen LogP contribution is -2.35. The van der Waals surface area contributed by atoms with Crippen LogP contribution < -0.4 is 5.56 Å². The molecule has 186 valence electrons. The van der Waals surface area contributed by atoms with Crippen LogP contribution >= 0.6 is 0 Å². The molecule has 3 aromatic rings. The zero-order valence-electron chi connectivity index (χ0n) is 19.8. The molecule has 2 saturated carbocycles. The lowest BCUT2D eigenvalue weighted by molar-refractivity contribution is -0.197. The van der Waals surface area contributed by atoms with Gasteiger partial charge in [-0.25, -0.2) is 9.97 Å². The molecule has 0 spiro atoms. The molecule has 0 radical (unpaired) electrons. The summed E-state index contributed by atoms with van der Waals surface area (Å²) >= 11 is 0. The minimum absolute atomic E-state index is 0.00413. The smallest absolute Gasteiger partial charge is 0.373 e. The van der Waals surface area contributed by atoms with E-state index in [9.17, 15) is 18.0 Å². The molecule has 10 heteroatoms. The van der Waals surface area contributed by atoms with E-state index in [2.05, 4.69) is 16.3 Å². The van der Waals surface area contributed by atoms with Crippen molar-refractivity contribution >= 4 is 11.0 Å². The zero-order chi connectivity index (χ0) is 24.5. The lowest BCUT2D eigenvalue weighted by Gasteiger charge is -2.37. The van der Waals surface area contributed by atoms with Gasteiger partial charge in [0.15, 0.2) is 5.65 Å². The van der Waals surface area contributed by atoms with Gasteiger partial charge in [0.1, 0.15) is 5.82 Å². The molecule has 2 aliphatic carbocycles. The number of nitrogens with zero attached hydrogens (tertiary/aromatic N) is 5. The predicted octanol–water partition coefficient (Wildman–Crippen LogP) is 4.86. The molecule has 35 heavy (non-hydrogen) atoms. The highest BCUT2D eigenvalue weighted by atomic mass is 19.4. The molecule has 0 amide bonds. The Hall–Kier alpha value is -2.75. The maximum absolute atomic E-state index is 13.2. The van der Waals surface area contributed by atoms with Gasteiger partial charge in [0, 0.05) is 37.0 Å². The van der Waals surface area contributed by atoms with Gasteiger partial charge in [-0.2, -0.15) is 18.3 Å². The van der Waals surface area contributed by atoms with Crippen LogP contribution in [0, 0.1) is 12.8 Å². The van der Waals surface area contributed by atoms with Crippen LogP contribution in [0.3, 0.4) is 0 Å². The number of ether oxygens (including phenoxy) is 1. The minimum Gasteiger partial charge on any atom is -0.373 e. The van der Waals surface area contributed by atoms with E-state index in [-0.39, 0.29) is 36.3 Å². The molecule has 1 aliphatic heterocycles. The summed E-state index contributed by atoms with van der Waals surface area (Å²) in [6, 6.07) is 2.37. The Balaban J connectivity index is 1.35. The molecule has 3 aliphatic rings. The van der Waals surface area contributed by atoms with Crippen molar-refractivity contribution in [2.75, 3.05) is 6.61 Å². The van der Waals surface area contributed by atoms with Crippen LogP contribution in [-0.4, -0.2) is 37.1 Å². The molecular formula is C25H28F3N5O2. The van der Waals surface area contributed by atoms with E-state index in [0.717, 1.165) is 30.5 Å². The number of pyridine rings is 1. The van der Waals surface area contributed by atoms with Gasteiger partial charge in [-0.1, -0.05) is 0 Å². The number of rotatable bonds is 4. The third kappa shape index (κ3) is 4.05. The highest BCUT2D eigenvalue weighted by molar-refractivity contribution is 5.79. The number of aromatic nitrogens is 5. The molecule has 6 rings (SSSR count). The lowest BCUT2D eigenvalue weighted by atomic mass is 9.70. The second-order valence-corrected chi connectivity index (χ2v) is 10.3. The van der Waals surface area contributed by atoms with E-state index in [4.69, 9.17) is 9.72 Å². The van der Waals surface area contributed by atoms with E-state index in [0.29, 0.717) is 41.5 Å². The van der Waals surface area contributed by atoms with Crippen LogP contribution in [0.4, 0.5) is 13.2 Å². The van der Waals surface area contributed by atoms with E-state index >= 15 is 0 Å². The quantitative estimate of drug-likeness (QED) is 0.526. The third-order valence-electron chi connectivity index (χ3n) is 7.98. The maximum atomic E-state index is 13.2. The normalized spacial score (nSPS) is 27.2. The van der Waals surface area contributed by atoms with Crippen LogP contribution in [-0.2, 0) is 11.8 Å². The summed E-state index contributed by atoms with van der Waals surface area (Å²) in [7, 11) is 1.63. The monoisotopic (exact) mass is 487 g/mol. The molecule has 0 bridgehead atoms. The highest BCUT2D eigenvalue weighted by Gasteiger charge is 2.48. The van der Waals surface area contributed by atoms with E-state index in [1.54, 1.807) is 14.0 Å². The first-order valence-corrected chi connectivity index (χ1v) is 12.3. The van der Waals surface area contributed by atoms with Crippen molar-refractivity contribution in [3.05, 3.63) is 51.5 Å². The molecule has 2 atom stereocenters. The number of fused-ring (bicyclic) bond motifs is 1. The first kappa shape index (κ1) is 22.7. The molecule has 0 unspecified atom stereocenters. The minimum atomic E-state index is -4.21. The van der Waals surface area contributed by atoms with E-state index in [1.807, 2.05) is 16.9 Å². The molecule has 0 aromatic carbocycles. The molecule has 1 saturated heterocycles. The SMILES string of the molecule is Cc1nc2nc([C@@H]3CCO[C@H](c4cnn(C5CC5)c4)C3)cc(C3CC(C(F)(F)F)C3)c2c(=O)n1C. The number of hydrogen-bond donors (Lipinski definition) is 0. The van der Waals surface area contributed by atoms with Crippen molar-refractivity contribution in [3.8, 4) is 0 Å². The average molecular weight is 488 g/mol. The summed E-state index contributed by atoms with van der Waals surface area (Å²) in [6.45, 7) is 2.29. The summed E-state index contributed by atoms with van der Waals surface area (Å²) in [5, 5.41) is 4.83. The summed E-state index contributed by atoms with van der Waals surface area (Å²) in [5.74, 6) is -1.06. The van der Waals surface area contributed by atoms with E-state index in [1.165, 1.54) is 4.57 Å². The highest BCUT2D eigenvalue weighted by Crippen LogP contribution is 2.51. The molecule has 3 aromatic heterocycles. The summed E-state index contributed by atoms with van der Waals surface area (Å²) in [6.07, 6.45) is 3.36. The number of aryl methyl sites for hydroxylation is 1. The van der Waals surface area contributed by atoms with Gasteiger partial charge < -0.3 is 4.74 Å². The van der Waals surface area contributed by atoms with Crippen LogP contribution in [0.1, 0.15) is 85.2 Å². The second-order valence-electron chi connectivity index (χ2n) is 10.3. The Morgan fingerprint density at radius 3 is 2.57 bits per heavy atom. The fourth-order valence-electron chi connectivity index (χ4n) is 5.44. The average Bonchev–Trinajstić information content (AvgIpc) is 3.51. The summed E-state index contributed by atoms with van der Waals surface area (Å²) in [4.78, 5) is 22.4.